The molecule has 7 rings (SSSR count). The molecule has 0 unspecified atom stereocenters. The molecular formula is C50H61ClN5O9P. The van der Waals surface area contributed by atoms with Gasteiger partial charge in [0.2, 0.25) is 11.7 Å². The van der Waals surface area contributed by atoms with Crippen LogP contribution in [0.15, 0.2) is 102 Å². The van der Waals surface area contributed by atoms with Gasteiger partial charge in [-0.15, -0.1) is 0 Å². The molecule has 6 atom stereocenters. The average molecular weight is 942 g/mol. The van der Waals surface area contributed by atoms with Crippen molar-refractivity contribution in [3.05, 3.63) is 113 Å². The Bertz CT molecular complexity index is 2470. The number of unbranched alkanes of at least 4 members (excludes halogenated alkanes) is 8. The molecule has 66 heavy (non-hydrogen) atoms. The number of aliphatic hydroxyl groups is 4. The van der Waals surface area contributed by atoms with Crippen molar-refractivity contribution in [2.24, 2.45) is 24.6 Å². The highest BCUT2D eigenvalue weighted by Crippen LogP contribution is 2.58. The van der Waals surface area contributed by atoms with E-state index in [-0.39, 0.29) is 36.0 Å². The summed E-state index contributed by atoms with van der Waals surface area (Å²) in [4.78, 5) is 54.4. The number of benzene rings is 3. The van der Waals surface area contributed by atoms with E-state index in [0.29, 0.717) is 12.0 Å². The summed E-state index contributed by atoms with van der Waals surface area (Å²) in [6, 6.07) is 23.4. The molecule has 1 heterocycles. The van der Waals surface area contributed by atoms with Gasteiger partial charge in [-0.1, -0.05) is 87.9 Å². The number of carbonyl (C=O) groups excluding carboxylic acids is 4. The maximum Gasteiger partial charge on any atom is 0.255 e. The first-order valence-electron chi connectivity index (χ1n) is 22.5. The van der Waals surface area contributed by atoms with Gasteiger partial charge in [-0.2, -0.15) is 5.10 Å². The van der Waals surface area contributed by atoms with Crippen LogP contribution >= 0.6 is 7.26 Å². The number of primary amides is 1. The normalized spacial score (nSPS) is 22.7. The fourth-order valence-electron chi connectivity index (χ4n) is 10.6. The lowest BCUT2D eigenvalue weighted by molar-refractivity contribution is -0.169. The van der Waals surface area contributed by atoms with Crippen molar-refractivity contribution in [3.8, 4) is 5.75 Å². The number of nitrogens with zero attached hydrogens (tertiary/aromatic N) is 3. The predicted molar refractivity (Wildman–Crippen MR) is 252 cm³/mol. The predicted octanol–water partition coefficient (Wildman–Crippen LogP) is 2.07. The van der Waals surface area contributed by atoms with Crippen LogP contribution < -0.4 is 39.4 Å². The molecule has 0 radical (unpaired) electrons. The molecule has 8 N–H and O–H groups in total. The van der Waals surface area contributed by atoms with Crippen molar-refractivity contribution in [1.29, 1.82) is 0 Å². The van der Waals surface area contributed by atoms with Gasteiger partial charge in [-0.25, -0.2) is 0 Å². The number of fused-ring (bicyclic) bond motifs is 3. The van der Waals surface area contributed by atoms with Gasteiger partial charge in [-0.3, -0.25) is 28.8 Å². The second kappa shape index (κ2) is 20.7. The number of halogens is 1. The van der Waals surface area contributed by atoms with Gasteiger partial charge >= 0.3 is 0 Å². The zero-order chi connectivity index (χ0) is 46.8. The molecule has 0 saturated heterocycles. The van der Waals surface area contributed by atoms with E-state index >= 15 is 0 Å². The van der Waals surface area contributed by atoms with Crippen molar-refractivity contribution in [2.75, 3.05) is 25.6 Å². The fraction of sp³-hybridized carbons (Fsp3) is 0.420. The zero-order valence-electron chi connectivity index (χ0n) is 37.9. The van der Waals surface area contributed by atoms with Crippen molar-refractivity contribution in [1.82, 2.24) is 14.7 Å². The number of hydrogen-bond donors (Lipinski definition) is 7. The molecule has 0 bridgehead atoms. The molecule has 3 aliphatic rings. The van der Waals surface area contributed by atoms with Gasteiger partial charge in [0.05, 0.1) is 47.9 Å². The minimum Gasteiger partial charge on any atom is -1.00 e. The minimum absolute atomic E-state index is 0. The Labute approximate surface area is 392 Å². The van der Waals surface area contributed by atoms with Crippen molar-refractivity contribution < 1.29 is 57.1 Å². The lowest BCUT2D eigenvalue weighted by Gasteiger charge is -2.53. The molecular weight excluding hydrogens is 881 g/mol. The molecule has 4 aromatic rings. The quantitative estimate of drug-likeness (QED) is 0.0331. The number of hydrogen-bond acceptors (Lipinski definition) is 11. The number of Topliss-reactive ketones (excluding diaryl/α,β-unsaturated/α-hetero) is 2. The largest absolute Gasteiger partial charge is 1.00 e. The number of aliphatic hydroxyl groups excluding tert-OH is 3. The minimum atomic E-state index is -3.01. The number of carbonyl (C=O) groups is 4. The number of anilines is 1. The number of aromatic hydroxyl groups is 1. The fourth-order valence-corrected chi connectivity index (χ4v) is 14.9. The number of nitrogens with one attached hydrogen (secondary N) is 1. The van der Waals surface area contributed by atoms with Crippen LogP contribution in [-0.2, 0) is 26.2 Å². The number of phenols is 1. The van der Waals surface area contributed by atoms with E-state index in [1.807, 2.05) is 17.9 Å². The Morgan fingerprint density at radius 2 is 1.41 bits per heavy atom. The number of ketones is 2. The van der Waals surface area contributed by atoms with E-state index < -0.39 is 88.7 Å². The Kier molecular flexibility index (Phi) is 15.7. The number of nitrogens with two attached hydrogens (primary N) is 1. The third kappa shape index (κ3) is 8.93. The van der Waals surface area contributed by atoms with E-state index in [2.05, 4.69) is 77.3 Å². The van der Waals surface area contributed by atoms with Gasteiger partial charge in [0.15, 0.2) is 11.4 Å². The summed E-state index contributed by atoms with van der Waals surface area (Å²) >= 11 is 0. The molecule has 1 saturated carbocycles. The SMILES string of the molecule is C[C@H]1c2ccc(NC(=O)CCCCCCCCCCC[P+](c3ccccc3)(c3ccccc3)c3cnn(C)c3)c(O)c2C(O)=C2C(=O)[C@]3(O)C(O)=C(C(N)=O)C(=O)[C@@H](N(C)C)[C@@H]3[C@@H](O)[C@@H]21.[Cl-]. The Morgan fingerprint density at radius 3 is 1.94 bits per heavy atom. The number of aromatic nitrogens is 2. The van der Waals surface area contributed by atoms with Crippen LogP contribution in [0.25, 0.3) is 5.76 Å². The number of rotatable bonds is 18. The summed E-state index contributed by atoms with van der Waals surface area (Å²) in [5.41, 5.74) is 1.09. The number of likely N-dealkylation sites (N-methyl/N-ethyl adjacent to an activating group) is 1. The Morgan fingerprint density at radius 1 is 0.848 bits per heavy atom. The lowest BCUT2D eigenvalue weighted by atomic mass is 9.54. The summed E-state index contributed by atoms with van der Waals surface area (Å²) in [5.74, 6) is -10.1. The molecule has 1 aromatic heterocycles. The summed E-state index contributed by atoms with van der Waals surface area (Å²) in [6.45, 7) is 1.66. The van der Waals surface area contributed by atoms with Crippen molar-refractivity contribution >= 4 is 58.0 Å². The van der Waals surface area contributed by atoms with Gasteiger partial charge in [0, 0.05) is 25.0 Å². The highest BCUT2D eigenvalue weighted by Gasteiger charge is 2.68. The van der Waals surface area contributed by atoms with E-state index in [1.54, 1.807) is 13.0 Å². The standard InChI is InChI=1S/C50H60N5O9P.ClH/c1-30-34-25-26-35(43(57)38(34)44(58)39-37(30)45(59)41-42(54(2)3)46(60)40(49(51)63)48(62)50(41,64)47(39)61)53-36(56)24-18-10-8-6-5-7-9-11-19-27-65(31-20-14-12-15-21-31,32-22-16-13-17-23-32)33-28-52-55(4)29-33;/h12-17,20-23,25-26,28-30,37,41-42,45,59,64H,5-11,18-19,24,27H2,1-4H3,(H5-,51,53,56,57,58,60,61,62,63);1H/t30-,37+,41+,42-,45-,50-;/m0./s1. The first-order valence-corrected chi connectivity index (χ1v) is 24.5. The Balaban J connectivity index is 0.00000720. The zero-order valence-corrected chi connectivity index (χ0v) is 39.5. The smallest absolute Gasteiger partial charge is 0.255 e. The molecule has 16 heteroatoms. The van der Waals surface area contributed by atoms with Crippen LogP contribution in [0.2, 0.25) is 0 Å². The van der Waals surface area contributed by atoms with Crippen molar-refractivity contribution in [3.63, 3.8) is 0 Å². The number of amides is 2. The third-order valence-electron chi connectivity index (χ3n) is 13.8. The van der Waals surface area contributed by atoms with E-state index in [9.17, 15) is 44.7 Å². The van der Waals surface area contributed by atoms with Crippen LogP contribution in [0.3, 0.4) is 0 Å². The van der Waals surface area contributed by atoms with Crippen LogP contribution in [0.4, 0.5) is 5.69 Å². The summed E-state index contributed by atoms with van der Waals surface area (Å²) < 4.78 is 1.90. The maximum absolute atomic E-state index is 14.3. The van der Waals surface area contributed by atoms with E-state index in [4.69, 9.17) is 5.73 Å². The van der Waals surface area contributed by atoms with Gasteiger partial charge in [0.25, 0.3) is 5.91 Å². The molecule has 0 spiro atoms. The second-order valence-electron chi connectivity index (χ2n) is 18.0. The molecule has 3 aliphatic carbocycles. The summed E-state index contributed by atoms with van der Waals surface area (Å²) in [5, 5.41) is 69.3. The van der Waals surface area contributed by atoms with Crippen molar-refractivity contribution in [2.45, 2.75) is 94.8 Å². The highest BCUT2D eigenvalue weighted by atomic mass is 35.5. The molecule has 0 aliphatic heterocycles. The van der Waals surface area contributed by atoms with Crippen LogP contribution in [0.1, 0.15) is 88.2 Å². The monoisotopic (exact) mass is 941 g/mol. The lowest BCUT2D eigenvalue weighted by Crippen LogP contribution is -3.00. The molecule has 14 nitrogen and oxygen atoms in total. The second-order valence-corrected chi connectivity index (χ2v) is 21.6. The van der Waals surface area contributed by atoms with Gasteiger partial charge < -0.3 is 49.0 Å². The van der Waals surface area contributed by atoms with E-state index in [1.165, 1.54) is 41.0 Å². The van der Waals surface area contributed by atoms with Crippen LogP contribution in [-0.4, -0.2) is 102 Å². The molecule has 352 valence electrons. The summed E-state index contributed by atoms with van der Waals surface area (Å²) in [6.07, 6.45) is 13.0. The average Bonchev–Trinajstić information content (AvgIpc) is 3.72. The molecule has 2 amide bonds. The van der Waals surface area contributed by atoms with Gasteiger partial charge in [0.1, 0.15) is 46.0 Å². The Hall–Kier alpha value is -5.37. The highest BCUT2D eigenvalue weighted by molar-refractivity contribution is 7.95. The van der Waals surface area contributed by atoms with Crippen LogP contribution in [0.5, 0.6) is 5.75 Å². The topological polar surface area (TPSA) is 229 Å². The summed E-state index contributed by atoms with van der Waals surface area (Å²) in [7, 11) is 3.00. The number of phenolic OH excluding ortho intramolecular Hbond substituents is 1. The first kappa shape index (κ1) is 50.1. The first-order chi connectivity index (χ1) is 31.1. The molecule has 1 fully saturated rings. The van der Waals surface area contributed by atoms with Gasteiger partial charge in [-0.05, 0) is 75.2 Å². The molecule has 3 aromatic carbocycles. The van der Waals surface area contributed by atoms with E-state index in [0.717, 1.165) is 57.5 Å². The number of aryl methyl sites for hydroxylation is 1. The van der Waals surface area contributed by atoms with Crippen LogP contribution in [0, 0.1) is 11.8 Å². The third-order valence-corrected chi connectivity index (χ3v) is 18.3. The maximum atomic E-state index is 14.3.